The molecule has 1 aromatic heterocycles. The lowest BCUT2D eigenvalue weighted by atomic mass is 10.1. The molecule has 1 aromatic rings. The normalized spacial score (nSPS) is 15.8. The molecule has 0 saturated carbocycles. The second-order valence-corrected chi connectivity index (χ2v) is 5.53. The lowest BCUT2D eigenvalue weighted by molar-refractivity contribution is 0.752. The zero-order valence-electron chi connectivity index (χ0n) is 14.1. The Labute approximate surface area is 144 Å². The van der Waals surface area contributed by atoms with Crippen molar-refractivity contribution in [3.63, 3.8) is 0 Å². The highest BCUT2D eigenvalue weighted by Gasteiger charge is 2.27. The molecule has 0 saturated heterocycles. The van der Waals surface area contributed by atoms with E-state index in [0.717, 1.165) is 12.8 Å². The van der Waals surface area contributed by atoms with Crippen molar-refractivity contribution >= 4 is 11.5 Å². The summed E-state index contributed by atoms with van der Waals surface area (Å²) in [6.45, 7) is 7.99. The highest BCUT2D eigenvalue weighted by atomic mass is 16.2. The molecule has 2 rings (SSSR count). The lowest BCUT2D eigenvalue weighted by Crippen LogP contribution is -2.38. The van der Waals surface area contributed by atoms with Crippen LogP contribution in [0.1, 0.15) is 26.7 Å². The topological polar surface area (TPSA) is 129 Å². The Bertz CT molecular complexity index is 965. The smallest absolute Gasteiger partial charge is 0.327 e. The van der Waals surface area contributed by atoms with Crippen LogP contribution < -0.4 is 21.5 Å². The number of fused-ring (bicyclic) bond motifs is 1. The number of unbranched alkanes of at least 4 members (excludes halogenated alkanes) is 1. The van der Waals surface area contributed by atoms with Crippen molar-refractivity contribution in [3.8, 4) is 12.1 Å². The molecule has 128 valence electrons. The summed E-state index contributed by atoms with van der Waals surface area (Å²) >= 11 is 0. The van der Waals surface area contributed by atoms with Gasteiger partial charge in [0.1, 0.15) is 17.6 Å². The summed E-state index contributed by atoms with van der Waals surface area (Å²) in [4.78, 5) is 30.3. The highest BCUT2D eigenvalue weighted by Crippen LogP contribution is 2.33. The van der Waals surface area contributed by atoms with Gasteiger partial charge in [0.2, 0.25) is 0 Å². The molecule has 0 radical (unpaired) electrons. The van der Waals surface area contributed by atoms with Crippen molar-refractivity contribution in [3.05, 3.63) is 56.0 Å². The van der Waals surface area contributed by atoms with Gasteiger partial charge >= 0.3 is 5.69 Å². The molecule has 0 spiro atoms. The summed E-state index contributed by atoms with van der Waals surface area (Å²) in [6.07, 6.45) is 3.22. The van der Waals surface area contributed by atoms with E-state index >= 15 is 0 Å². The van der Waals surface area contributed by atoms with Crippen molar-refractivity contribution in [2.45, 2.75) is 26.7 Å². The number of nitriles is 2. The van der Waals surface area contributed by atoms with E-state index in [0.29, 0.717) is 23.8 Å². The summed E-state index contributed by atoms with van der Waals surface area (Å²) in [7, 11) is 0. The van der Waals surface area contributed by atoms with Gasteiger partial charge in [0.05, 0.1) is 23.0 Å². The van der Waals surface area contributed by atoms with Crippen molar-refractivity contribution in [1.82, 2.24) is 9.97 Å². The summed E-state index contributed by atoms with van der Waals surface area (Å²) < 4.78 is 0. The maximum absolute atomic E-state index is 12.1. The third-order valence-corrected chi connectivity index (χ3v) is 3.78. The summed E-state index contributed by atoms with van der Waals surface area (Å²) in [5.41, 5.74) is 0.402. The van der Waals surface area contributed by atoms with Crippen molar-refractivity contribution in [1.29, 1.82) is 10.5 Å². The molecular formula is C17H18N6O2. The SMILES string of the molecule is C=C1Nc2c([nH]c(=O)[nH]c2=O)N(CCCC)/C1=C/C(C#N)=C(\C)C#N. The van der Waals surface area contributed by atoms with E-state index in [4.69, 9.17) is 5.26 Å². The molecule has 0 amide bonds. The third-order valence-electron chi connectivity index (χ3n) is 3.78. The molecule has 3 N–H and O–H groups in total. The molecule has 1 aliphatic rings. The average Bonchev–Trinajstić information content (AvgIpc) is 2.58. The standard InChI is InChI=1S/C17H18N6O2/c1-4-5-6-23-13(7-12(9-19)10(2)8-18)11(3)20-14-15(23)21-17(25)22-16(14)24/h7,20H,3-6H2,1-2H3,(H2,21,22,24,25)/b12-10-,13-7+. The highest BCUT2D eigenvalue weighted by molar-refractivity contribution is 5.77. The molecule has 2 heterocycles. The average molecular weight is 338 g/mol. The van der Waals surface area contributed by atoms with E-state index < -0.39 is 11.2 Å². The number of hydrogen-bond donors (Lipinski definition) is 3. The predicted octanol–water partition coefficient (Wildman–Crippen LogP) is 1.86. The van der Waals surface area contributed by atoms with Crippen molar-refractivity contribution < 1.29 is 0 Å². The number of anilines is 2. The van der Waals surface area contributed by atoms with E-state index in [1.165, 1.54) is 6.08 Å². The number of aromatic nitrogens is 2. The Morgan fingerprint density at radius 2 is 2.00 bits per heavy atom. The number of nitrogens with zero attached hydrogens (tertiary/aromatic N) is 3. The number of H-pyrrole nitrogens is 2. The summed E-state index contributed by atoms with van der Waals surface area (Å²) in [5, 5.41) is 21.2. The number of hydrogen-bond acceptors (Lipinski definition) is 6. The molecule has 0 atom stereocenters. The first kappa shape index (κ1) is 17.8. The van der Waals surface area contributed by atoms with Crippen molar-refractivity contribution in [2.75, 3.05) is 16.8 Å². The van der Waals surface area contributed by atoms with Gasteiger partial charge in [-0.25, -0.2) is 4.79 Å². The minimum absolute atomic E-state index is 0.192. The van der Waals surface area contributed by atoms with E-state index in [1.54, 1.807) is 11.8 Å². The molecule has 0 aromatic carbocycles. The van der Waals surface area contributed by atoms with Crippen LogP contribution >= 0.6 is 0 Å². The van der Waals surface area contributed by atoms with Gasteiger partial charge in [-0.3, -0.25) is 14.8 Å². The van der Waals surface area contributed by atoms with Gasteiger partial charge < -0.3 is 10.2 Å². The van der Waals surface area contributed by atoms with Crippen LogP contribution in [0.25, 0.3) is 0 Å². The molecule has 8 nitrogen and oxygen atoms in total. The molecule has 0 aliphatic carbocycles. The minimum Gasteiger partial charge on any atom is -0.347 e. The molecule has 0 fully saturated rings. The van der Waals surface area contributed by atoms with E-state index in [-0.39, 0.29) is 16.8 Å². The molecule has 1 aliphatic heterocycles. The zero-order valence-corrected chi connectivity index (χ0v) is 14.1. The van der Waals surface area contributed by atoms with Gasteiger partial charge in [-0.2, -0.15) is 10.5 Å². The Morgan fingerprint density at radius 1 is 1.28 bits per heavy atom. The van der Waals surface area contributed by atoms with Gasteiger partial charge in [-0.1, -0.05) is 19.9 Å². The van der Waals surface area contributed by atoms with Gasteiger partial charge in [0.25, 0.3) is 5.56 Å². The van der Waals surface area contributed by atoms with Crippen LogP contribution in [0.4, 0.5) is 11.5 Å². The van der Waals surface area contributed by atoms with Crippen molar-refractivity contribution in [2.24, 2.45) is 0 Å². The van der Waals surface area contributed by atoms with Crippen LogP contribution in [0.15, 0.2) is 44.8 Å². The third kappa shape index (κ3) is 3.54. The van der Waals surface area contributed by atoms with Gasteiger partial charge in [0.15, 0.2) is 0 Å². The Kier molecular flexibility index (Phi) is 5.25. The fourth-order valence-electron chi connectivity index (χ4n) is 2.43. The van der Waals surface area contributed by atoms with E-state index in [9.17, 15) is 14.9 Å². The van der Waals surface area contributed by atoms with Gasteiger partial charge in [0, 0.05) is 12.1 Å². The second-order valence-electron chi connectivity index (χ2n) is 5.53. The Morgan fingerprint density at radius 3 is 2.60 bits per heavy atom. The molecule has 0 unspecified atom stereocenters. The lowest BCUT2D eigenvalue weighted by Gasteiger charge is -2.34. The maximum atomic E-state index is 12.1. The fraction of sp³-hybridized carbons (Fsp3) is 0.294. The van der Waals surface area contributed by atoms with Crippen LogP contribution in [0.5, 0.6) is 0 Å². The van der Waals surface area contributed by atoms with Crippen LogP contribution in [-0.2, 0) is 0 Å². The first-order valence-corrected chi connectivity index (χ1v) is 7.76. The summed E-state index contributed by atoms with van der Waals surface area (Å²) in [6, 6.07) is 3.94. The maximum Gasteiger partial charge on any atom is 0.327 e. The first-order valence-electron chi connectivity index (χ1n) is 7.76. The Balaban J connectivity index is 2.70. The zero-order chi connectivity index (χ0) is 18.6. The fourth-order valence-corrected chi connectivity index (χ4v) is 2.43. The van der Waals surface area contributed by atoms with Gasteiger partial charge in [-0.05, 0) is 19.4 Å². The molecule has 25 heavy (non-hydrogen) atoms. The number of allylic oxidation sites excluding steroid dienone is 3. The summed E-state index contributed by atoms with van der Waals surface area (Å²) in [5.74, 6) is 0.313. The molecule has 8 heteroatoms. The van der Waals surface area contributed by atoms with Gasteiger partial charge in [-0.15, -0.1) is 0 Å². The molecular weight excluding hydrogens is 320 g/mol. The first-order chi connectivity index (χ1) is 11.9. The largest absolute Gasteiger partial charge is 0.347 e. The molecule has 0 bridgehead atoms. The minimum atomic E-state index is -0.622. The van der Waals surface area contributed by atoms with Crippen LogP contribution in [0.2, 0.25) is 0 Å². The second kappa shape index (κ2) is 7.37. The van der Waals surface area contributed by atoms with E-state index in [2.05, 4.69) is 21.9 Å². The van der Waals surface area contributed by atoms with Crippen LogP contribution in [0.3, 0.4) is 0 Å². The number of aromatic amines is 2. The number of nitrogens with one attached hydrogen (secondary N) is 3. The van der Waals surface area contributed by atoms with E-state index in [1.807, 2.05) is 19.1 Å². The monoisotopic (exact) mass is 338 g/mol. The predicted molar refractivity (Wildman–Crippen MR) is 94.7 cm³/mol. The van der Waals surface area contributed by atoms with Crippen LogP contribution in [0, 0.1) is 22.7 Å². The van der Waals surface area contributed by atoms with Crippen LogP contribution in [-0.4, -0.2) is 16.5 Å². The Hall–Kier alpha value is -3.52. The quantitative estimate of drug-likeness (QED) is 0.719. The number of rotatable bonds is 4.